The fourth-order valence-corrected chi connectivity index (χ4v) is 1.27. The number of amides is 1. The standard InChI is InChI=1S/C11H22N2O2/c1-5-13(8-9(2)3)11(14)10(12)6-7-15-4/h10H,2,5-8,12H2,1,3-4H3. The fraction of sp³-hybridized carbons (Fsp3) is 0.727. The van der Waals surface area contributed by atoms with Gasteiger partial charge in [-0.1, -0.05) is 12.2 Å². The van der Waals surface area contributed by atoms with Crippen molar-refractivity contribution in [2.75, 3.05) is 26.8 Å². The van der Waals surface area contributed by atoms with Gasteiger partial charge in [-0.05, 0) is 20.3 Å². The molecule has 4 nitrogen and oxygen atoms in total. The molecule has 4 heteroatoms. The van der Waals surface area contributed by atoms with Crippen molar-refractivity contribution in [1.29, 1.82) is 0 Å². The van der Waals surface area contributed by atoms with Gasteiger partial charge in [0.05, 0.1) is 6.04 Å². The summed E-state index contributed by atoms with van der Waals surface area (Å²) in [7, 11) is 1.60. The molecule has 0 spiro atoms. The number of ether oxygens (including phenoxy) is 1. The lowest BCUT2D eigenvalue weighted by atomic mass is 10.2. The van der Waals surface area contributed by atoms with E-state index in [2.05, 4.69) is 6.58 Å². The van der Waals surface area contributed by atoms with Crippen molar-refractivity contribution in [3.8, 4) is 0 Å². The first kappa shape index (κ1) is 14.1. The number of rotatable bonds is 7. The number of hydrogen-bond acceptors (Lipinski definition) is 3. The Hall–Kier alpha value is -0.870. The maximum absolute atomic E-state index is 11.8. The van der Waals surface area contributed by atoms with Gasteiger partial charge >= 0.3 is 0 Å². The summed E-state index contributed by atoms with van der Waals surface area (Å²) in [5.74, 6) is -0.0300. The lowest BCUT2D eigenvalue weighted by Gasteiger charge is -2.24. The van der Waals surface area contributed by atoms with Gasteiger partial charge in [0, 0.05) is 26.8 Å². The molecule has 0 radical (unpaired) electrons. The van der Waals surface area contributed by atoms with Crippen molar-refractivity contribution in [3.05, 3.63) is 12.2 Å². The molecule has 0 saturated heterocycles. The smallest absolute Gasteiger partial charge is 0.239 e. The van der Waals surface area contributed by atoms with Crippen LogP contribution in [0.15, 0.2) is 12.2 Å². The second-order valence-electron chi connectivity index (χ2n) is 3.70. The van der Waals surface area contributed by atoms with Gasteiger partial charge in [-0.3, -0.25) is 4.79 Å². The SMILES string of the molecule is C=C(C)CN(CC)C(=O)C(N)CCOC. The molecule has 0 aliphatic rings. The number of nitrogens with zero attached hydrogens (tertiary/aromatic N) is 1. The third-order valence-electron chi connectivity index (χ3n) is 2.10. The molecule has 0 aliphatic heterocycles. The Balaban J connectivity index is 4.17. The Bertz CT molecular complexity index is 217. The highest BCUT2D eigenvalue weighted by molar-refractivity contribution is 5.81. The predicted octanol–water partition coefficient (Wildman–Crippen LogP) is 0.775. The quantitative estimate of drug-likeness (QED) is 0.637. The van der Waals surface area contributed by atoms with Crippen LogP contribution in [0, 0.1) is 0 Å². The average Bonchev–Trinajstić information content (AvgIpc) is 2.21. The highest BCUT2D eigenvalue weighted by Crippen LogP contribution is 2.01. The summed E-state index contributed by atoms with van der Waals surface area (Å²) >= 11 is 0. The first-order valence-electron chi connectivity index (χ1n) is 5.20. The van der Waals surface area contributed by atoms with Gasteiger partial charge in [0.2, 0.25) is 5.91 Å². The molecule has 0 aromatic carbocycles. The van der Waals surface area contributed by atoms with Gasteiger partial charge in [0.15, 0.2) is 0 Å². The van der Waals surface area contributed by atoms with Crippen molar-refractivity contribution in [2.24, 2.45) is 5.73 Å². The molecule has 15 heavy (non-hydrogen) atoms. The third-order valence-corrected chi connectivity index (χ3v) is 2.10. The number of methoxy groups -OCH3 is 1. The Morgan fingerprint density at radius 2 is 2.20 bits per heavy atom. The van der Waals surface area contributed by atoms with E-state index in [9.17, 15) is 4.79 Å². The Morgan fingerprint density at radius 1 is 1.60 bits per heavy atom. The fourth-order valence-electron chi connectivity index (χ4n) is 1.27. The van der Waals surface area contributed by atoms with Crippen molar-refractivity contribution < 1.29 is 9.53 Å². The Kier molecular flexibility index (Phi) is 6.99. The van der Waals surface area contributed by atoms with E-state index < -0.39 is 6.04 Å². The lowest BCUT2D eigenvalue weighted by Crippen LogP contribution is -2.44. The van der Waals surface area contributed by atoms with Crippen LogP contribution in [0.25, 0.3) is 0 Å². The summed E-state index contributed by atoms with van der Waals surface area (Å²) in [6.07, 6.45) is 0.558. The van der Waals surface area contributed by atoms with Crippen LogP contribution in [0.4, 0.5) is 0 Å². The molecule has 0 aromatic rings. The zero-order valence-electron chi connectivity index (χ0n) is 9.95. The van der Waals surface area contributed by atoms with E-state index in [1.165, 1.54) is 0 Å². The maximum Gasteiger partial charge on any atom is 0.239 e. The molecule has 0 saturated carbocycles. The Labute approximate surface area is 92.1 Å². The number of hydrogen-bond donors (Lipinski definition) is 1. The summed E-state index contributed by atoms with van der Waals surface area (Å²) in [4.78, 5) is 13.5. The molecule has 1 unspecified atom stereocenters. The number of nitrogens with two attached hydrogens (primary N) is 1. The van der Waals surface area contributed by atoms with E-state index >= 15 is 0 Å². The zero-order valence-corrected chi connectivity index (χ0v) is 9.95. The largest absolute Gasteiger partial charge is 0.385 e. The van der Waals surface area contributed by atoms with E-state index in [1.54, 1.807) is 12.0 Å². The first-order chi connectivity index (χ1) is 7.02. The molecule has 0 bridgehead atoms. The maximum atomic E-state index is 11.8. The van der Waals surface area contributed by atoms with Gasteiger partial charge in [-0.25, -0.2) is 0 Å². The van der Waals surface area contributed by atoms with E-state index in [0.717, 1.165) is 5.57 Å². The summed E-state index contributed by atoms with van der Waals surface area (Å²) < 4.78 is 4.89. The second kappa shape index (κ2) is 7.43. The molecule has 0 aromatic heterocycles. The number of likely N-dealkylation sites (N-methyl/N-ethyl adjacent to an activating group) is 1. The van der Waals surface area contributed by atoms with Crippen LogP contribution in [-0.2, 0) is 9.53 Å². The molecule has 1 amide bonds. The normalized spacial score (nSPS) is 12.3. The minimum absolute atomic E-state index is 0.0300. The molecule has 1 atom stereocenters. The molecular weight excluding hydrogens is 192 g/mol. The van der Waals surface area contributed by atoms with Crippen LogP contribution in [0.3, 0.4) is 0 Å². The van der Waals surface area contributed by atoms with Gasteiger partial charge in [-0.2, -0.15) is 0 Å². The number of carbonyl (C=O) groups is 1. The number of carbonyl (C=O) groups excluding carboxylic acids is 1. The second-order valence-corrected chi connectivity index (χ2v) is 3.70. The first-order valence-corrected chi connectivity index (χ1v) is 5.20. The van der Waals surface area contributed by atoms with Gasteiger partial charge in [-0.15, -0.1) is 0 Å². The van der Waals surface area contributed by atoms with E-state index in [1.807, 2.05) is 13.8 Å². The van der Waals surface area contributed by atoms with E-state index in [4.69, 9.17) is 10.5 Å². The molecule has 2 N–H and O–H groups in total. The zero-order chi connectivity index (χ0) is 11.8. The molecule has 88 valence electrons. The topological polar surface area (TPSA) is 55.6 Å². The van der Waals surface area contributed by atoms with Gasteiger partial charge in [0.25, 0.3) is 0 Å². The third kappa shape index (κ3) is 5.54. The average molecular weight is 214 g/mol. The monoisotopic (exact) mass is 214 g/mol. The Morgan fingerprint density at radius 3 is 2.60 bits per heavy atom. The minimum Gasteiger partial charge on any atom is -0.385 e. The summed E-state index contributed by atoms with van der Waals surface area (Å²) in [5.41, 5.74) is 6.72. The van der Waals surface area contributed by atoms with Crippen LogP contribution < -0.4 is 5.73 Å². The van der Waals surface area contributed by atoms with Gasteiger partial charge < -0.3 is 15.4 Å². The van der Waals surface area contributed by atoms with Crippen molar-refractivity contribution in [2.45, 2.75) is 26.3 Å². The van der Waals surface area contributed by atoms with E-state index in [0.29, 0.717) is 26.1 Å². The van der Waals surface area contributed by atoms with E-state index in [-0.39, 0.29) is 5.91 Å². The van der Waals surface area contributed by atoms with Crippen LogP contribution in [0.5, 0.6) is 0 Å². The predicted molar refractivity (Wildman–Crippen MR) is 61.5 cm³/mol. The summed E-state index contributed by atoms with van der Waals surface area (Å²) in [6.45, 7) is 9.37. The van der Waals surface area contributed by atoms with Crippen LogP contribution in [0.2, 0.25) is 0 Å². The highest BCUT2D eigenvalue weighted by Gasteiger charge is 2.19. The van der Waals surface area contributed by atoms with Crippen LogP contribution in [-0.4, -0.2) is 43.7 Å². The molecular formula is C11H22N2O2. The van der Waals surface area contributed by atoms with Crippen molar-refractivity contribution in [3.63, 3.8) is 0 Å². The minimum atomic E-state index is -0.468. The van der Waals surface area contributed by atoms with Crippen molar-refractivity contribution in [1.82, 2.24) is 4.90 Å². The lowest BCUT2D eigenvalue weighted by molar-refractivity contribution is -0.132. The highest BCUT2D eigenvalue weighted by atomic mass is 16.5. The summed E-state index contributed by atoms with van der Waals surface area (Å²) in [6, 6.07) is -0.468. The van der Waals surface area contributed by atoms with Crippen LogP contribution >= 0.6 is 0 Å². The molecule has 0 aliphatic carbocycles. The molecule has 0 fully saturated rings. The molecule has 0 heterocycles. The summed E-state index contributed by atoms with van der Waals surface area (Å²) in [5, 5.41) is 0. The van der Waals surface area contributed by atoms with Gasteiger partial charge in [0.1, 0.15) is 0 Å². The van der Waals surface area contributed by atoms with Crippen LogP contribution in [0.1, 0.15) is 20.3 Å². The van der Waals surface area contributed by atoms with Crippen molar-refractivity contribution >= 4 is 5.91 Å². The molecule has 0 rings (SSSR count).